The van der Waals surface area contributed by atoms with Crippen LogP contribution in [0.15, 0.2) is 71.5 Å². The van der Waals surface area contributed by atoms with Crippen LogP contribution in [0.1, 0.15) is 12.0 Å². The molecule has 1 atom stereocenters. The highest BCUT2D eigenvalue weighted by atomic mass is 16.6. The van der Waals surface area contributed by atoms with E-state index < -0.39 is 6.10 Å². The third-order valence-electron chi connectivity index (χ3n) is 4.87. The largest absolute Gasteiger partial charge is 0.488 e. The monoisotopic (exact) mass is 371 g/mol. The summed E-state index contributed by atoms with van der Waals surface area (Å²) in [6.07, 6.45) is 3.51. The first-order valence-electron chi connectivity index (χ1n) is 9.08. The molecule has 5 rings (SSSR count). The maximum atomic E-state index is 12.7. The molecule has 6 heteroatoms. The normalized spacial score (nSPS) is 17.8. The van der Waals surface area contributed by atoms with Gasteiger partial charge in [0, 0.05) is 29.1 Å². The fourth-order valence-corrected chi connectivity index (χ4v) is 3.42. The van der Waals surface area contributed by atoms with Crippen LogP contribution in [0.5, 0.6) is 5.75 Å². The Kier molecular flexibility index (Phi) is 4.01. The van der Waals surface area contributed by atoms with E-state index in [2.05, 4.69) is 15.5 Å². The van der Waals surface area contributed by atoms with E-state index in [1.54, 1.807) is 6.20 Å². The number of pyridine rings is 1. The third-order valence-corrected chi connectivity index (χ3v) is 4.87. The number of carbonyl (C=O) groups is 1. The number of fused-ring (bicyclic) bond motifs is 2. The number of nitrogens with zero attached hydrogens (tertiary/aromatic N) is 2. The van der Waals surface area contributed by atoms with Gasteiger partial charge in [-0.3, -0.25) is 9.78 Å². The summed E-state index contributed by atoms with van der Waals surface area (Å²) >= 11 is 0. The Bertz CT molecular complexity index is 1130. The Labute approximate surface area is 161 Å². The Morgan fingerprint density at radius 1 is 1.07 bits per heavy atom. The summed E-state index contributed by atoms with van der Waals surface area (Å²) in [5.41, 5.74) is 4.22. The van der Waals surface area contributed by atoms with Gasteiger partial charge >= 0.3 is 0 Å². The quantitative estimate of drug-likeness (QED) is 0.760. The van der Waals surface area contributed by atoms with Gasteiger partial charge in [-0.25, -0.2) is 0 Å². The molecular weight excluding hydrogens is 354 g/mol. The molecule has 2 aliphatic rings. The van der Waals surface area contributed by atoms with Gasteiger partial charge in [-0.1, -0.05) is 29.4 Å². The molecule has 0 aliphatic carbocycles. The molecule has 0 fully saturated rings. The minimum Gasteiger partial charge on any atom is -0.488 e. The fraction of sp³-hybridized carbons (Fsp3) is 0.136. The van der Waals surface area contributed by atoms with Gasteiger partial charge in [0.05, 0.1) is 16.9 Å². The average molecular weight is 371 g/mol. The Hall–Kier alpha value is -3.67. The number of hydrogen-bond acceptors (Lipinski definition) is 5. The molecule has 2 aliphatic heterocycles. The third kappa shape index (κ3) is 2.99. The number of para-hydroxylation sites is 1. The van der Waals surface area contributed by atoms with Gasteiger partial charge < -0.3 is 14.9 Å². The van der Waals surface area contributed by atoms with Crippen molar-refractivity contribution in [3.8, 4) is 5.75 Å². The van der Waals surface area contributed by atoms with Crippen molar-refractivity contribution in [2.24, 2.45) is 5.16 Å². The number of nitrogens with one attached hydrogen (secondary N) is 1. The summed E-state index contributed by atoms with van der Waals surface area (Å²) in [4.78, 5) is 22.4. The van der Waals surface area contributed by atoms with Gasteiger partial charge in [-0.2, -0.15) is 0 Å². The van der Waals surface area contributed by atoms with Gasteiger partial charge in [0.2, 0.25) is 6.10 Å². The van der Waals surface area contributed by atoms with E-state index in [-0.39, 0.29) is 5.91 Å². The Balaban J connectivity index is 1.31. The predicted octanol–water partition coefficient (Wildman–Crippen LogP) is 3.79. The summed E-state index contributed by atoms with van der Waals surface area (Å²) in [6.45, 7) is 0.419. The molecule has 6 nitrogen and oxygen atoms in total. The van der Waals surface area contributed by atoms with Crippen molar-refractivity contribution in [3.63, 3.8) is 0 Å². The first kappa shape index (κ1) is 16.5. The molecule has 1 N–H and O–H groups in total. The number of anilines is 1. The van der Waals surface area contributed by atoms with Crippen LogP contribution >= 0.6 is 0 Å². The SMILES string of the molecule is O=C(Nc1cccc2ncccc12)[C@@H]1CC(C2=Cc3ccccc3OC2)=NO1. The molecule has 1 aromatic heterocycles. The van der Waals surface area contributed by atoms with Crippen LogP contribution in [0.3, 0.4) is 0 Å². The molecular formula is C22H17N3O3. The topological polar surface area (TPSA) is 72.8 Å². The van der Waals surface area contributed by atoms with E-state index in [0.29, 0.717) is 18.7 Å². The fourth-order valence-electron chi connectivity index (χ4n) is 3.42. The molecule has 28 heavy (non-hydrogen) atoms. The summed E-state index contributed by atoms with van der Waals surface area (Å²) in [7, 11) is 0. The van der Waals surface area contributed by atoms with Gasteiger partial charge in [0.15, 0.2) is 0 Å². The highest BCUT2D eigenvalue weighted by molar-refractivity contribution is 6.10. The van der Waals surface area contributed by atoms with E-state index in [1.165, 1.54) is 0 Å². The summed E-state index contributed by atoms with van der Waals surface area (Å²) < 4.78 is 5.78. The molecule has 0 saturated carbocycles. The summed E-state index contributed by atoms with van der Waals surface area (Å²) in [6, 6.07) is 17.2. The lowest BCUT2D eigenvalue weighted by Gasteiger charge is -2.17. The van der Waals surface area contributed by atoms with Crippen LogP contribution in [0, 0.1) is 0 Å². The number of benzene rings is 2. The second-order valence-electron chi connectivity index (χ2n) is 6.70. The van der Waals surface area contributed by atoms with Crippen LogP contribution in [0.4, 0.5) is 5.69 Å². The van der Waals surface area contributed by atoms with Gasteiger partial charge in [0.1, 0.15) is 12.4 Å². The zero-order chi connectivity index (χ0) is 18.9. The highest BCUT2D eigenvalue weighted by Gasteiger charge is 2.31. The molecule has 3 aromatic rings. The number of ether oxygens (including phenoxy) is 1. The standard InChI is InChI=1S/C22H17N3O3/c26-22(24-18-8-3-7-17-16(18)6-4-10-23-17)21-12-19(25-28-21)15-11-14-5-1-2-9-20(14)27-13-15/h1-11,21H,12-13H2,(H,24,26)/t21-/m0/s1. The van der Waals surface area contributed by atoms with E-state index in [0.717, 1.165) is 33.5 Å². The number of hydrogen-bond donors (Lipinski definition) is 1. The van der Waals surface area contributed by atoms with E-state index >= 15 is 0 Å². The highest BCUT2D eigenvalue weighted by Crippen LogP contribution is 2.29. The molecule has 0 unspecified atom stereocenters. The number of aromatic nitrogens is 1. The van der Waals surface area contributed by atoms with E-state index in [9.17, 15) is 4.79 Å². The predicted molar refractivity (Wildman–Crippen MR) is 107 cm³/mol. The Morgan fingerprint density at radius 3 is 2.96 bits per heavy atom. The van der Waals surface area contributed by atoms with Crippen LogP contribution in [0.2, 0.25) is 0 Å². The first-order chi connectivity index (χ1) is 13.8. The zero-order valence-corrected chi connectivity index (χ0v) is 15.0. The van der Waals surface area contributed by atoms with Crippen LogP contribution in [-0.4, -0.2) is 29.3 Å². The number of carbonyl (C=O) groups excluding carboxylic acids is 1. The molecule has 0 saturated heterocycles. The van der Waals surface area contributed by atoms with Crippen molar-refractivity contribution in [2.75, 3.05) is 11.9 Å². The second kappa shape index (κ2) is 6.81. The second-order valence-corrected chi connectivity index (χ2v) is 6.70. The van der Waals surface area contributed by atoms with Gasteiger partial charge in [-0.05, 0) is 36.4 Å². The van der Waals surface area contributed by atoms with Crippen LogP contribution in [0.25, 0.3) is 17.0 Å². The van der Waals surface area contributed by atoms with Gasteiger partial charge in [-0.15, -0.1) is 0 Å². The zero-order valence-electron chi connectivity index (χ0n) is 15.0. The van der Waals surface area contributed by atoms with Gasteiger partial charge in [0.25, 0.3) is 5.91 Å². The molecule has 2 aromatic carbocycles. The molecule has 0 bridgehead atoms. The first-order valence-corrected chi connectivity index (χ1v) is 9.08. The minimum absolute atomic E-state index is 0.229. The van der Waals surface area contributed by atoms with Crippen molar-refractivity contribution in [1.82, 2.24) is 4.98 Å². The molecule has 1 amide bonds. The lowest BCUT2D eigenvalue weighted by molar-refractivity contribution is -0.125. The van der Waals surface area contributed by atoms with E-state index in [4.69, 9.17) is 9.57 Å². The van der Waals surface area contributed by atoms with Crippen molar-refractivity contribution in [3.05, 3.63) is 71.9 Å². The Morgan fingerprint density at radius 2 is 2.00 bits per heavy atom. The molecule has 138 valence electrons. The molecule has 0 spiro atoms. The summed E-state index contributed by atoms with van der Waals surface area (Å²) in [5.74, 6) is 0.623. The maximum Gasteiger partial charge on any atom is 0.268 e. The van der Waals surface area contributed by atoms with Crippen molar-refractivity contribution >= 4 is 34.3 Å². The average Bonchev–Trinajstić information content (AvgIpc) is 3.24. The lowest BCUT2D eigenvalue weighted by Crippen LogP contribution is -2.28. The van der Waals surface area contributed by atoms with Crippen molar-refractivity contribution < 1.29 is 14.4 Å². The van der Waals surface area contributed by atoms with Crippen molar-refractivity contribution in [1.29, 1.82) is 0 Å². The molecule has 3 heterocycles. The lowest BCUT2D eigenvalue weighted by atomic mass is 10.0. The number of rotatable bonds is 3. The number of oxime groups is 1. The maximum absolute atomic E-state index is 12.7. The van der Waals surface area contributed by atoms with Crippen LogP contribution < -0.4 is 10.1 Å². The van der Waals surface area contributed by atoms with Crippen molar-refractivity contribution in [2.45, 2.75) is 12.5 Å². The van der Waals surface area contributed by atoms with E-state index in [1.807, 2.05) is 60.7 Å². The number of amides is 1. The van der Waals surface area contributed by atoms with Crippen LogP contribution in [-0.2, 0) is 9.63 Å². The summed E-state index contributed by atoms with van der Waals surface area (Å²) in [5, 5.41) is 7.96. The smallest absolute Gasteiger partial charge is 0.268 e. The minimum atomic E-state index is -0.667. The molecule has 0 radical (unpaired) electrons.